The zero-order valence-electron chi connectivity index (χ0n) is 18.2. The van der Waals surface area contributed by atoms with Gasteiger partial charge in [0.25, 0.3) is 0 Å². The van der Waals surface area contributed by atoms with E-state index in [1.807, 2.05) is 12.4 Å². The summed E-state index contributed by atoms with van der Waals surface area (Å²) in [6, 6.07) is 0.327. The van der Waals surface area contributed by atoms with Crippen molar-refractivity contribution < 1.29 is 9.84 Å². The Balaban J connectivity index is 1.67. The van der Waals surface area contributed by atoms with Gasteiger partial charge in [-0.15, -0.1) is 0 Å². The molecule has 7 nitrogen and oxygen atoms in total. The van der Waals surface area contributed by atoms with Gasteiger partial charge in [-0.1, -0.05) is 13.3 Å². The number of nitrogens with one attached hydrogen (secondary N) is 2. The third kappa shape index (κ3) is 5.01. The number of rotatable bonds is 7. The van der Waals surface area contributed by atoms with Crippen LogP contribution in [0.4, 0.5) is 5.95 Å². The van der Waals surface area contributed by atoms with E-state index in [2.05, 4.69) is 29.5 Å². The van der Waals surface area contributed by atoms with Crippen LogP contribution in [-0.4, -0.2) is 51.4 Å². The summed E-state index contributed by atoms with van der Waals surface area (Å²) >= 11 is 0. The molecule has 30 heavy (non-hydrogen) atoms. The Kier molecular flexibility index (Phi) is 7.00. The highest BCUT2D eigenvalue weighted by atomic mass is 16.5. The molecule has 2 fully saturated rings. The minimum Gasteiger partial charge on any atom is -0.474 e. The van der Waals surface area contributed by atoms with Crippen molar-refractivity contribution in [3.05, 3.63) is 18.0 Å². The predicted octanol–water partition coefficient (Wildman–Crippen LogP) is 3.77. The van der Waals surface area contributed by atoms with Gasteiger partial charge in [-0.25, -0.2) is 15.0 Å². The van der Waals surface area contributed by atoms with Crippen LogP contribution >= 0.6 is 0 Å². The van der Waals surface area contributed by atoms with E-state index in [1.54, 1.807) is 0 Å². The first-order chi connectivity index (χ1) is 14.6. The molecule has 1 saturated heterocycles. The van der Waals surface area contributed by atoms with E-state index in [0.29, 0.717) is 23.8 Å². The third-order valence-electron chi connectivity index (χ3n) is 6.41. The summed E-state index contributed by atoms with van der Waals surface area (Å²) in [6.07, 6.45) is 11.6. The number of hydrogen-bond donors (Lipinski definition) is 3. The zero-order valence-corrected chi connectivity index (χ0v) is 18.2. The fourth-order valence-corrected chi connectivity index (χ4v) is 4.66. The molecule has 0 spiro atoms. The van der Waals surface area contributed by atoms with Crippen molar-refractivity contribution >= 4 is 16.9 Å². The van der Waals surface area contributed by atoms with Gasteiger partial charge >= 0.3 is 0 Å². The summed E-state index contributed by atoms with van der Waals surface area (Å²) in [6.45, 7) is 6.31. The molecular weight excluding hydrogens is 378 g/mol. The monoisotopic (exact) mass is 413 g/mol. The van der Waals surface area contributed by atoms with Gasteiger partial charge in [0, 0.05) is 24.0 Å². The lowest BCUT2D eigenvalue weighted by Gasteiger charge is -2.27. The van der Waals surface area contributed by atoms with Crippen LogP contribution in [0.3, 0.4) is 0 Å². The summed E-state index contributed by atoms with van der Waals surface area (Å²) in [5.74, 6) is 1.68. The van der Waals surface area contributed by atoms with Gasteiger partial charge in [-0.3, -0.25) is 0 Å². The number of nitrogens with zero attached hydrogens (tertiary/aromatic N) is 3. The Morgan fingerprint density at radius 2 is 1.90 bits per heavy atom. The molecule has 1 unspecified atom stereocenters. The molecule has 0 bridgehead atoms. The first-order valence-electron chi connectivity index (χ1n) is 11.6. The number of ether oxygens (including phenoxy) is 1. The van der Waals surface area contributed by atoms with Gasteiger partial charge in [0.1, 0.15) is 6.10 Å². The summed E-state index contributed by atoms with van der Waals surface area (Å²) in [7, 11) is 0. The molecule has 4 rings (SSSR count). The van der Waals surface area contributed by atoms with Gasteiger partial charge < -0.3 is 20.5 Å². The van der Waals surface area contributed by atoms with Crippen LogP contribution in [0.1, 0.15) is 76.7 Å². The lowest BCUT2D eigenvalue weighted by atomic mass is 9.83. The lowest BCUT2D eigenvalue weighted by molar-refractivity contribution is 0.122. The van der Waals surface area contributed by atoms with Crippen LogP contribution in [-0.2, 0) is 0 Å². The molecule has 7 heteroatoms. The minimum absolute atomic E-state index is 0.176. The normalized spacial score (nSPS) is 24.0. The Morgan fingerprint density at radius 1 is 1.13 bits per heavy atom. The molecule has 2 aliphatic rings. The van der Waals surface area contributed by atoms with Crippen LogP contribution in [0.25, 0.3) is 10.9 Å². The quantitative estimate of drug-likeness (QED) is 0.636. The molecule has 1 aliphatic carbocycles. The van der Waals surface area contributed by atoms with E-state index in [4.69, 9.17) is 14.7 Å². The highest BCUT2D eigenvalue weighted by molar-refractivity contribution is 5.86. The molecule has 1 atom stereocenters. The molecule has 1 saturated carbocycles. The van der Waals surface area contributed by atoms with Crippen molar-refractivity contribution in [2.24, 2.45) is 0 Å². The average molecular weight is 414 g/mol. The summed E-state index contributed by atoms with van der Waals surface area (Å²) in [5.41, 5.74) is 2.10. The number of fused-ring (bicyclic) bond motifs is 1. The topological polar surface area (TPSA) is 92.2 Å². The molecule has 1 aliphatic heterocycles. The van der Waals surface area contributed by atoms with E-state index in [1.165, 1.54) is 0 Å². The van der Waals surface area contributed by atoms with E-state index in [-0.39, 0.29) is 12.2 Å². The van der Waals surface area contributed by atoms with Crippen molar-refractivity contribution in [3.8, 4) is 5.88 Å². The highest BCUT2D eigenvalue weighted by Gasteiger charge is 2.25. The Hall–Kier alpha value is -1.99. The number of hydrogen-bond acceptors (Lipinski definition) is 7. The third-order valence-corrected chi connectivity index (χ3v) is 6.41. The molecule has 3 heterocycles. The number of aliphatic hydroxyl groups excluding tert-OH is 1. The largest absolute Gasteiger partial charge is 0.474 e. The molecule has 0 radical (unpaired) electrons. The van der Waals surface area contributed by atoms with Crippen molar-refractivity contribution in [1.82, 2.24) is 20.3 Å². The van der Waals surface area contributed by atoms with Crippen molar-refractivity contribution in [2.45, 2.75) is 89.4 Å². The van der Waals surface area contributed by atoms with Crippen LogP contribution in [0.15, 0.2) is 12.4 Å². The standard InChI is InChI=1S/C23H35N5O2/c1-3-4-15(2)27-23-26-14-20-21(28-23)19(16-5-7-17(29)8-6-16)13-25-22(20)30-18-9-11-24-12-10-18/h13-18,24,29H,3-12H2,1-2H3,(H,26,27,28)/t15?,16-,17-. The molecular formula is C23H35N5O2. The van der Waals surface area contributed by atoms with Crippen molar-refractivity contribution in [2.75, 3.05) is 18.4 Å². The van der Waals surface area contributed by atoms with Gasteiger partial charge in [0.15, 0.2) is 0 Å². The summed E-state index contributed by atoms with van der Waals surface area (Å²) < 4.78 is 6.30. The van der Waals surface area contributed by atoms with Gasteiger partial charge in [-0.2, -0.15) is 0 Å². The second-order valence-corrected chi connectivity index (χ2v) is 8.88. The highest BCUT2D eigenvalue weighted by Crippen LogP contribution is 2.38. The van der Waals surface area contributed by atoms with Gasteiger partial charge in [-0.05, 0) is 70.9 Å². The second kappa shape index (κ2) is 9.88. The van der Waals surface area contributed by atoms with Crippen molar-refractivity contribution in [3.63, 3.8) is 0 Å². The maximum absolute atomic E-state index is 9.93. The van der Waals surface area contributed by atoms with Crippen LogP contribution in [0.2, 0.25) is 0 Å². The maximum Gasteiger partial charge on any atom is 0.224 e. The first kappa shape index (κ1) is 21.2. The second-order valence-electron chi connectivity index (χ2n) is 8.88. The Labute approximate surface area is 179 Å². The van der Waals surface area contributed by atoms with Gasteiger partial charge in [0.05, 0.1) is 17.0 Å². The smallest absolute Gasteiger partial charge is 0.224 e. The van der Waals surface area contributed by atoms with E-state index < -0.39 is 0 Å². The van der Waals surface area contributed by atoms with E-state index in [0.717, 1.165) is 80.9 Å². The lowest BCUT2D eigenvalue weighted by Crippen LogP contribution is -2.34. The molecule has 2 aromatic rings. The average Bonchev–Trinajstić information content (AvgIpc) is 2.75. The molecule has 0 amide bonds. The fourth-order valence-electron chi connectivity index (χ4n) is 4.66. The maximum atomic E-state index is 9.93. The number of aromatic nitrogens is 3. The van der Waals surface area contributed by atoms with Crippen LogP contribution in [0, 0.1) is 0 Å². The number of aliphatic hydroxyl groups is 1. The summed E-state index contributed by atoms with van der Waals surface area (Å²) in [4.78, 5) is 14.2. The van der Waals surface area contributed by atoms with Crippen LogP contribution < -0.4 is 15.4 Å². The first-order valence-corrected chi connectivity index (χ1v) is 11.6. The van der Waals surface area contributed by atoms with Gasteiger partial charge in [0.2, 0.25) is 11.8 Å². The van der Waals surface area contributed by atoms with Crippen molar-refractivity contribution in [1.29, 1.82) is 0 Å². The predicted molar refractivity (Wildman–Crippen MR) is 119 cm³/mol. The Bertz CT molecular complexity index is 832. The number of anilines is 1. The molecule has 0 aromatic carbocycles. The molecule has 3 N–H and O–H groups in total. The summed E-state index contributed by atoms with van der Waals surface area (Å²) in [5, 5.41) is 17.6. The molecule has 2 aromatic heterocycles. The van der Waals surface area contributed by atoms with Crippen LogP contribution in [0.5, 0.6) is 5.88 Å². The van der Waals surface area contributed by atoms with E-state index >= 15 is 0 Å². The fraction of sp³-hybridized carbons (Fsp3) is 0.696. The number of piperidine rings is 1. The SMILES string of the molecule is CCCC(C)Nc1ncc2c(OC3CCNCC3)ncc([C@H]3CC[C@H](O)CC3)c2n1. The zero-order chi connectivity index (χ0) is 20.9. The van der Waals surface area contributed by atoms with E-state index in [9.17, 15) is 5.11 Å². The number of pyridine rings is 1. The molecule has 164 valence electrons. The Morgan fingerprint density at radius 3 is 2.63 bits per heavy atom. The minimum atomic E-state index is -0.176.